The molecule has 0 radical (unpaired) electrons. The van der Waals surface area contributed by atoms with E-state index in [4.69, 9.17) is 10.3 Å². The van der Waals surface area contributed by atoms with Gasteiger partial charge in [0.15, 0.2) is 0 Å². The largest absolute Gasteiger partial charge is 0.449 e. The fourth-order valence-corrected chi connectivity index (χ4v) is 1.27. The van der Waals surface area contributed by atoms with Crippen molar-refractivity contribution in [3.05, 3.63) is 41.4 Å². The quantitative estimate of drug-likeness (QED) is 0.326. The number of nitrogens with zero attached hydrogens (tertiary/aromatic N) is 2. The van der Waals surface area contributed by atoms with Crippen LogP contribution in [0.2, 0.25) is 0 Å². The molecular weight excluding hydrogens is 192 g/mol. The first kappa shape index (κ1) is 11.1. The van der Waals surface area contributed by atoms with Crippen LogP contribution >= 0.6 is 0 Å². The predicted octanol–water partition coefficient (Wildman–Crippen LogP) is 1.98. The number of rotatable bonds is 4. The predicted molar refractivity (Wildman–Crippen MR) is 55.2 cm³/mol. The smallest absolute Gasteiger partial charge is 0.414 e. The van der Waals surface area contributed by atoms with Gasteiger partial charge in [0, 0.05) is 0 Å². The number of esters is 1. The Morgan fingerprint density at radius 2 is 2.20 bits per heavy atom. The minimum absolute atomic E-state index is 0.295. The number of ether oxygens (including phenoxy) is 1. The van der Waals surface area contributed by atoms with Crippen LogP contribution in [0, 0.1) is 0 Å². The van der Waals surface area contributed by atoms with Crippen LogP contribution < -0.4 is 0 Å². The summed E-state index contributed by atoms with van der Waals surface area (Å²) < 4.78 is 5.08. The van der Waals surface area contributed by atoms with Crippen LogP contribution in [0.25, 0.3) is 5.53 Å². The fraction of sp³-hybridized carbons (Fsp3) is 0.273. The van der Waals surface area contributed by atoms with E-state index in [2.05, 4.69) is 4.79 Å². The third kappa shape index (κ3) is 3.37. The molecule has 0 saturated heterocycles. The average molecular weight is 204 g/mol. The zero-order chi connectivity index (χ0) is 11.1. The van der Waals surface area contributed by atoms with Gasteiger partial charge in [-0.2, -0.15) is 4.79 Å². The molecule has 0 aromatic heterocycles. The number of carbonyl (C=O) groups excluding carboxylic acids is 1. The number of hydrogen-bond donors (Lipinski definition) is 0. The van der Waals surface area contributed by atoms with E-state index in [1.165, 1.54) is 0 Å². The molecule has 0 aliphatic rings. The van der Waals surface area contributed by atoms with Crippen LogP contribution in [0.4, 0.5) is 0 Å². The second-order valence-electron chi connectivity index (χ2n) is 2.99. The standard InChI is InChI=1S/C11H12N2O2/c1-2-10(15-11(14)8-13-12)9-6-4-3-5-7-9/h3-8,10H,2H2,1H3. The van der Waals surface area contributed by atoms with Gasteiger partial charge in [0.2, 0.25) is 0 Å². The van der Waals surface area contributed by atoms with Crippen LogP contribution in [-0.2, 0) is 9.53 Å². The normalized spacial score (nSPS) is 11.3. The molecule has 0 spiro atoms. The van der Waals surface area contributed by atoms with Crippen molar-refractivity contribution >= 4 is 12.2 Å². The Bertz CT molecular complexity index is 369. The number of hydrogen-bond acceptors (Lipinski definition) is 2. The molecule has 0 saturated carbocycles. The molecule has 1 aromatic rings. The van der Waals surface area contributed by atoms with Crippen molar-refractivity contribution in [3.63, 3.8) is 0 Å². The lowest BCUT2D eigenvalue weighted by Crippen LogP contribution is -2.11. The first-order valence-corrected chi connectivity index (χ1v) is 4.71. The summed E-state index contributed by atoms with van der Waals surface area (Å²) >= 11 is 0. The topological polar surface area (TPSA) is 62.7 Å². The lowest BCUT2D eigenvalue weighted by molar-refractivity contribution is -0.144. The van der Waals surface area contributed by atoms with Gasteiger partial charge in [-0.25, -0.2) is 4.79 Å². The zero-order valence-corrected chi connectivity index (χ0v) is 8.46. The monoisotopic (exact) mass is 204 g/mol. The summed E-state index contributed by atoms with van der Waals surface area (Å²) in [5.74, 6) is -0.645. The molecule has 0 aliphatic carbocycles. The van der Waals surface area contributed by atoms with Gasteiger partial charge >= 0.3 is 12.2 Å². The Labute approximate surface area is 88.1 Å². The SMILES string of the molecule is CCC(OC(=O)C=[N+]=[N-])c1ccccc1. The molecule has 0 N–H and O–H groups in total. The maximum absolute atomic E-state index is 11.1. The van der Waals surface area contributed by atoms with Crippen molar-refractivity contribution < 1.29 is 14.3 Å². The molecule has 1 unspecified atom stereocenters. The van der Waals surface area contributed by atoms with Crippen LogP contribution in [-0.4, -0.2) is 17.0 Å². The minimum Gasteiger partial charge on any atom is -0.449 e. The molecular formula is C11H12N2O2. The number of benzene rings is 1. The van der Waals surface area contributed by atoms with E-state index >= 15 is 0 Å². The Kier molecular flexibility index (Phi) is 4.26. The summed E-state index contributed by atoms with van der Waals surface area (Å²) in [6, 6.07) is 9.43. The highest BCUT2D eigenvalue weighted by Gasteiger charge is 2.14. The Hall–Kier alpha value is -1.93. The molecule has 4 nitrogen and oxygen atoms in total. The summed E-state index contributed by atoms with van der Waals surface area (Å²) in [5, 5.41) is 0. The summed E-state index contributed by atoms with van der Waals surface area (Å²) in [4.78, 5) is 13.7. The Morgan fingerprint density at radius 1 is 1.53 bits per heavy atom. The molecule has 0 aliphatic heterocycles. The van der Waals surface area contributed by atoms with Crippen molar-refractivity contribution in [2.45, 2.75) is 19.4 Å². The Balaban J connectivity index is 2.73. The molecule has 4 heteroatoms. The van der Waals surface area contributed by atoms with Crippen LogP contribution in [0.5, 0.6) is 0 Å². The fourth-order valence-electron chi connectivity index (χ4n) is 1.27. The van der Waals surface area contributed by atoms with Crippen LogP contribution in [0.1, 0.15) is 25.0 Å². The minimum atomic E-state index is -0.645. The third-order valence-electron chi connectivity index (χ3n) is 1.96. The van der Waals surface area contributed by atoms with Gasteiger partial charge in [-0.05, 0) is 12.0 Å². The lowest BCUT2D eigenvalue weighted by atomic mass is 10.1. The lowest BCUT2D eigenvalue weighted by Gasteiger charge is -2.13. The van der Waals surface area contributed by atoms with E-state index < -0.39 is 5.97 Å². The van der Waals surface area contributed by atoms with Crippen LogP contribution in [0.3, 0.4) is 0 Å². The molecule has 78 valence electrons. The zero-order valence-electron chi connectivity index (χ0n) is 8.46. The van der Waals surface area contributed by atoms with E-state index in [0.29, 0.717) is 6.42 Å². The van der Waals surface area contributed by atoms with E-state index in [0.717, 1.165) is 11.8 Å². The van der Waals surface area contributed by atoms with Gasteiger partial charge in [0.1, 0.15) is 6.10 Å². The molecule has 1 rings (SSSR count). The first-order valence-electron chi connectivity index (χ1n) is 4.71. The molecule has 1 aromatic carbocycles. The average Bonchev–Trinajstić information content (AvgIpc) is 2.27. The number of carbonyl (C=O) groups is 1. The molecule has 0 bridgehead atoms. The molecule has 0 amide bonds. The highest BCUT2D eigenvalue weighted by Crippen LogP contribution is 2.20. The van der Waals surface area contributed by atoms with Gasteiger partial charge in [-0.3, -0.25) is 0 Å². The summed E-state index contributed by atoms with van der Waals surface area (Å²) in [7, 11) is 0. The second kappa shape index (κ2) is 5.73. The van der Waals surface area contributed by atoms with Crippen molar-refractivity contribution in [1.82, 2.24) is 0 Å². The van der Waals surface area contributed by atoms with Gasteiger partial charge < -0.3 is 10.3 Å². The van der Waals surface area contributed by atoms with Crippen LogP contribution in [0.15, 0.2) is 30.3 Å². The van der Waals surface area contributed by atoms with Crippen molar-refractivity contribution in [2.75, 3.05) is 0 Å². The molecule has 15 heavy (non-hydrogen) atoms. The van der Waals surface area contributed by atoms with Gasteiger partial charge in [0.05, 0.1) is 0 Å². The molecule has 1 atom stereocenters. The van der Waals surface area contributed by atoms with Crippen molar-refractivity contribution in [2.24, 2.45) is 0 Å². The molecule has 0 fully saturated rings. The summed E-state index contributed by atoms with van der Waals surface area (Å²) in [6.07, 6.45) is 1.12. The second-order valence-corrected chi connectivity index (χ2v) is 2.99. The highest BCUT2D eigenvalue weighted by atomic mass is 16.5. The van der Waals surface area contributed by atoms with Gasteiger partial charge in [-0.15, -0.1) is 0 Å². The van der Waals surface area contributed by atoms with E-state index in [1.807, 2.05) is 37.3 Å². The Morgan fingerprint density at radius 3 is 2.73 bits per heavy atom. The maximum Gasteiger partial charge on any atom is 0.414 e. The van der Waals surface area contributed by atoms with Crippen molar-refractivity contribution in [3.8, 4) is 0 Å². The summed E-state index contributed by atoms with van der Waals surface area (Å²) in [5.41, 5.74) is 9.09. The molecule has 0 heterocycles. The van der Waals surface area contributed by atoms with E-state index in [1.54, 1.807) is 0 Å². The van der Waals surface area contributed by atoms with Crippen molar-refractivity contribution in [1.29, 1.82) is 0 Å². The summed E-state index contributed by atoms with van der Waals surface area (Å²) in [6.45, 7) is 1.92. The third-order valence-corrected chi connectivity index (χ3v) is 1.96. The first-order chi connectivity index (χ1) is 7.27. The van der Waals surface area contributed by atoms with Gasteiger partial charge in [-0.1, -0.05) is 37.3 Å². The highest BCUT2D eigenvalue weighted by molar-refractivity contribution is 6.20. The van der Waals surface area contributed by atoms with Gasteiger partial charge in [0.25, 0.3) is 0 Å². The van der Waals surface area contributed by atoms with E-state index in [-0.39, 0.29) is 6.10 Å². The van der Waals surface area contributed by atoms with E-state index in [9.17, 15) is 4.79 Å². The maximum atomic E-state index is 11.1.